The van der Waals surface area contributed by atoms with Crippen molar-refractivity contribution in [2.75, 3.05) is 13.4 Å². The molecule has 3 rings (SSSR count). The number of methoxy groups -OCH3 is 1. The van der Waals surface area contributed by atoms with Crippen LogP contribution in [0.3, 0.4) is 0 Å². The lowest BCUT2D eigenvalue weighted by Gasteiger charge is -2.09. The fourth-order valence-electron chi connectivity index (χ4n) is 2.29. The van der Waals surface area contributed by atoms with Crippen molar-refractivity contribution in [2.45, 2.75) is 11.2 Å². The zero-order chi connectivity index (χ0) is 21.6. The molecule has 0 saturated carbocycles. The van der Waals surface area contributed by atoms with Crippen molar-refractivity contribution in [3.05, 3.63) is 40.1 Å². The lowest BCUT2D eigenvalue weighted by atomic mass is 10.2. The van der Waals surface area contributed by atoms with Crippen LogP contribution >= 0.6 is 23.2 Å². The van der Waals surface area contributed by atoms with Crippen LogP contribution in [-0.4, -0.2) is 46.7 Å². The molecule has 1 aromatic carbocycles. The van der Waals surface area contributed by atoms with E-state index in [9.17, 15) is 21.6 Å². The van der Waals surface area contributed by atoms with Gasteiger partial charge in [-0.2, -0.15) is 17.9 Å². The van der Waals surface area contributed by atoms with Crippen LogP contribution in [0.4, 0.5) is 13.2 Å². The molecule has 0 radical (unpaired) electrons. The molecular weight excluding hydrogens is 458 g/mol. The summed E-state index contributed by atoms with van der Waals surface area (Å²) in [7, 11) is -2.32. The second-order valence-corrected chi connectivity index (χ2v) is 8.42. The minimum Gasteiger partial charge on any atom is -0.494 e. The maximum atomic E-state index is 13.2. The lowest BCUT2D eigenvalue weighted by Crippen LogP contribution is -2.10. The van der Waals surface area contributed by atoms with Gasteiger partial charge in [-0.3, -0.25) is 0 Å². The molecule has 14 heteroatoms. The van der Waals surface area contributed by atoms with Crippen molar-refractivity contribution in [1.29, 1.82) is 0 Å². The average molecular weight is 468 g/mol. The van der Waals surface area contributed by atoms with Crippen molar-refractivity contribution in [3.63, 3.8) is 0 Å². The summed E-state index contributed by atoms with van der Waals surface area (Å²) in [4.78, 5) is 3.52. The Bertz CT molecular complexity index is 1160. The molecule has 0 spiro atoms. The van der Waals surface area contributed by atoms with E-state index in [1.807, 2.05) is 0 Å². The quantitative estimate of drug-likeness (QED) is 0.578. The van der Waals surface area contributed by atoms with Crippen LogP contribution in [0.25, 0.3) is 17.2 Å². The zero-order valence-electron chi connectivity index (χ0n) is 14.6. The van der Waals surface area contributed by atoms with Crippen LogP contribution in [0.2, 0.25) is 10.0 Å². The Hall–Kier alpha value is -2.44. The number of benzene rings is 1. The highest BCUT2D eigenvalue weighted by molar-refractivity contribution is 7.90. The van der Waals surface area contributed by atoms with Crippen LogP contribution < -0.4 is 4.74 Å². The molecule has 0 aliphatic carbocycles. The van der Waals surface area contributed by atoms with Gasteiger partial charge in [0.25, 0.3) is 5.82 Å². The topological polar surface area (TPSA) is 99.9 Å². The van der Waals surface area contributed by atoms with Crippen molar-refractivity contribution in [2.24, 2.45) is 0 Å². The summed E-state index contributed by atoms with van der Waals surface area (Å²) in [6, 6.07) is 4.83. The smallest absolute Gasteiger partial charge is 0.453 e. The number of aromatic nitrogens is 5. The molecule has 2 heterocycles. The molecule has 0 unspecified atom stereocenters. The first-order chi connectivity index (χ1) is 13.4. The molecule has 2 aromatic heterocycles. The Balaban J connectivity index is 2.22. The number of ether oxygens (including phenoxy) is 1. The summed E-state index contributed by atoms with van der Waals surface area (Å²) in [5, 5.41) is 10.3. The summed E-state index contributed by atoms with van der Waals surface area (Å²) in [6.07, 6.45) is -3.93. The van der Waals surface area contributed by atoms with E-state index in [1.54, 1.807) is 0 Å². The van der Waals surface area contributed by atoms with Gasteiger partial charge in [-0.25, -0.2) is 13.4 Å². The van der Waals surface area contributed by atoms with E-state index in [1.165, 1.54) is 19.2 Å². The number of hydrogen-bond donors (Lipinski definition) is 0. The Labute approximate surface area is 172 Å². The Kier molecular flexibility index (Phi) is 5.45. The van der Waals surface area contributed by atoms with Gasteiger partial charge in [-0.05, 0) is 24.3 Å². The molecule has 154 valence electrons. The Morgan fingerprint density at radius 3 is 2.17 bits per heavy atom. The predicted octanol–water partition coefficient (Wildman–Crippen LogP) is 3.46. The molecule has 0 saturated heterocycles. The van der Waals surface area contributed by atoms with Gasteiger partial charge in [0.05, 0.1) is 17.2 Å². The van der Waals surface area contributed by atoms with E-state index in [2.05, 4.69) is 20.3 Å². The van der Waals surface area contributed by atoms with Crippen molar-refractivity contribution < 1.29 is 26.3 Å². The Morgan fingerprint density at radius 2 is 1.72 bits per heavy atom. The van der Waals surface area contributed by atoms with Crippen LogP contribution in [0.15, 0.2) is 29.3 Å². The second-order valence-electron chi connectivity index (χ2n) is 5.64. The molecule has 0 aliphatic rings. The van der Waals surface area contributed by atoms with E-state index in [0.29, 0.717) is 0 Å². The maximum Gasteiger partial charge on any atom is 0.453 e. The normalized spacial score (nSPS) is 12.2. The Morgan fingerprint density at radius 1 is 1.10 bits per heavy atom. The van der Waals surface area contributed by atoms with E-state index in [4.69, 9.17) is 27.9 Å². The molecule has 3 aromatic rings. The molecule has 0 fully saturated rings. The summed E-state index contributed by atoms with van der Waals surface area (Å²) in [6.45, 7) is 0. The number of rotatable bonds is 4. The number of halogens is 5. The molecule has 0 N–H and O–H groups in total. The lowest BCUT2D eigenvalue weighted by molar-refractivity contribution is -0.144. The third-order valence-corrected chi connectivity index (χ3v) is 5.08. The zero-order valence-corrected chi connectivity index (χ0v) is 16.9. The van der Waals surface area contributed by atoms with Crippen molar-refractivity contribution in [1.82, 2.24) is 25.0 Å². The van der Waals surface area contributed by atoms with Gasteiger partial charge in [0.15, 0.2) is 32.3 Å². The monoisotopic (exact) mass is 467 g/mol. The number of sulfone groups is 1. The van der Waals surface area contributed by atoms with Crippen LogP contribution in [-0.2, 0) is 16.0 Å². The van der Waals surface area contributed by atoms with Gasteiger partial charge < -0.3 is 4.74 Å². The molecular formula is C15H10Cl2F3N5O3S. The molecule has 8 nitrogen and oxygen atoms in total. The van der Waals surface area contributed by atoms with E-state index in [0.717, 1.165) is 23.1 Å². The number of hydrogen-bond acceptors (Lipinski definition) is 7. The third kappa shape index (κ3) is 4.28. The highest BCUT2D eigenvalue weighted by atomic mass is 35.5. The van der Waals surface area contributed by atoms with Gasteiger partial charge in [-0.15, -0.1) is 15.3 Å². The molecule has 0 atom stereocenters. The van der Waals surface area contributed by atoms with Gasteiger partial charge in [0.2, 0.25) is 0 Å². The standard InChI is InChI=1S/C15H10Cl2F3N5O3S/c1-28-12-8(16)5-7(6-9(12)17)13-21-14(15(18,19)20)24-25(13)10-3-4-11(23-22-10)29(2,26)27/h3-6H,1-2H3. The third-order valence-electron chi connectivity index (χ3n) is 3.54. The summed E-state index contributed by atoms with van der Waals surface area (Å²) in [5.41, 5.74) is 0.0952. The highest BCUT2D eigenvalue weighted by Crippen LogP contribution is 2.38. The number of alkyl halides is 3. The first-order valence-corrected chi connectivity index (χ1v) is 10.2. The number of nitrogens with zero attached hydrogens (tertiary/aromatic N) is 5. The second kappa shape index (κ2) is 7.43. The summed E-state index contributed by atoms with van der Waals surface area (Å²) in [5.74, 6) is -1.79. The predicted molar refractivity (Wildman–Crippen MR) is 97.1 cm³/mol. The van der Waals surface area contributed by atoms with E-state index < -0.39 is 21.8 Å². The van der Waals surface area contributed by atoms with Crippen molar-refractivity contribution >= 4 is 33.0 Å². The molecule has 0 aliphatic heterocycles. The minimum atomic E-state index is -4.85. The van der Waals surface area contributed by atoms with Gasteiger partial charge in [-0.1, -0.05) is 23.2 Å². The molecule has 0 amide bonds. The van der Waals surface area contributed by atoms with Gasteiger partial charge in [0, 0.05) is 11.8 Å². The first kappa shape index (κ1) is 21.3. The largest absolute Gasteiger partial charge is 0.494 e. The SMILES string of the molecule is COc1c(Cl)cc(-c2nc(C(F)(F)F)nn2-c2ccc(S(C)(=O)=O)nn2)cc1Cl. The summed E-state index contributed by atoms with van der Waals surface area (Å²) >= 11 is 12.1. The average Bonchev–Trinajstić information content (AvgIpc) is 3.06. The fourth-order valence-corrected chi connectivity index (χ4v) is 3.43. The van der Waals surface area contributed by atoms with Crippen molar-refractivity contribution in [3.8, 4) is 23.0 Å². The van der Waals surface area contributed by atoms with Crippen LogP contribution in [0.5, 0.6) is 5.75 Å². The van der Waals surface area contributed by atoms with Gasteiger partial charge in [0.1, 0.15) is 0 Å². The van der Waals surface area contributed by atoms with Crippen LogP contribution in [0.1, 0.15) is 5.82 Å². The van der Waals surface area contributed by atoms with Crippen LogP contribution in [0, 0.1) is 0 Å². The molecule has 0 bridgehead atoms. The van der Waals surface area contributed by atoms with E-state index >= 15 is 0 Å². The maximum absolute atomic E-state index is 13.2. The highest BCUT2D eigenvalue weighted by Gasteiger charge is 2.38. The summed E-state index contributed by atoms with van der Waals surface area (Å²) < 4.78 is 68.4. The fraction of sp³-hybridized carbons (Fsp3) is 0.200. The minimum absolute atomic E-state index is 0.0385. The van der Waals surface area contributed by atoms with Gasteiger partial charge >= 0.3 is 6.18 Å². The van der Waals surface area contributed by atoms with E-state index in [-0.39, 0.29) is 38.0 Å². The first-order valence-electron chi connectivity index (χ1n) is 7.53. The molecule has 29 heavy (non-hydrogen) atoms.